The van der Waals surface area contributed by atoms with E-state index in [2.05, 4.69) is 55.4 Å². The quantitative estimate of drug-likeness (QED) is 0.0396. The molecule has 10 heteroatoms. The first-order valence-corrected chi connectivity index (χ1v) is 39.9. The van der Waals surface area contributed by atoms with Gasteiger partial charge in [0.25, 0.3) is 10.1 Å². The molecular formula is C68H126O7P2S. The summed E-state index contributed by atoms with van der Waals surface area (Å²) in [6.07, 6.45) is 71.9. The van der Waals surface area contributed by atoms with Gasteiger partial charge in [-0.3, -0.25) is 4.55 Å². The van der Waals surface area contributed by atoms with E-state index in [1.165, 1.54) is 244 Å². The Bertz CT molecular complexity index is 1720. The summed E-state index contributed by atoms with van der Waals surface area (Å²) in [4.78, 5) is 20.9. The van der Waals surface area contributed by atoms with E-state index in [1.54, 1.807) is 62.1 Å². The molecule has 0 heterocycles. The molecular weight excluding hydrogens is 1020 g/mol. The number of rotatable bonds is 51. The first-order valence-electron chi connectivity index (χ1n) is 33.4. The van der Waals surface area contributed by atoms with Gasteiger partial charge in [-0.05, 0) is 98.9 Å². The molecule has 2 aromatic carbocycles. The summed E-state index contributed by atoms with van der Waals surface area (Å²) >= 11 is 0. The highest BCUT2D eigenvalue weighted by Gasteiger charge is 2.35. The number of hydrogen-bond acceptors (Lipinski definition) is 6. The van der Waals surface area contributed by atoms with Gasteiger partial charge < -0.3 is 19.8 Å². The summed E-state index contributed by atoms with van der Waals surface area (Å²) < 4.78 is 31.6. The van der Waals surface area contributed by atoms with Gasteiger partial charge in [-0.25, -0.2) is 0 Å². The SMILES string of the molecule is CCCCCCCCCCCCCCCC[P+](CCCC)(CCCC)CCCC.CCCCCCCCCCCCCCCC[P+](CCCC)(CCCC)CCCC.O=C([O-])c1ccc2c(S(=O)(=O)O)cc(C(=O)[O-])cc2c1. The minimum absolute atomic E-state index is 0.0116. The predicted molar refractivity (Wildman–Crippen MR) is 345 cm³/mol. The molecule has 0 radical (unpaired) electrons. The Morgan fingerprint density at radius 1 is 0.346 bits per heavy atom. The van der Waals surface area contributed by atoms with Crippen LogP contribution < -0.4 is 10.2 Å². The summed E-state index contributed by atoms with van der Waals surface area (Å²) in [5.41, 5.74) is -0.755. The second-order valence-corrected chi connectivity index (χ2v) is 34.1. The number of hydrogen-bond donors (Lipinski definition) is 1. The van der Waals surface area contributed by atoms with Crippen molar-refractivity contribution in [1.82, 2.24) is 0 Å². The molecule has 0 fully saturated rings. The molecule has 0 aliphatic heterocycles. The molecule has 7 nitrogen and oxygen atoms in total. The first kappa shape index (κ1) is 76.4. The number of carboxylic acid groups (broad SMARTS) is 2. The highest BCUT2D eigenvalue weighted by molar-refractivity contribution is 7.86. The maximum atomic E-state index is 11.3. The van der Waals surface area contributed by atoms with Crippen LogP contribution in [-0.2, 0) is 10.1 Å². The fourth-order valence-corrected chi connectivity index (χ4v) is 22.5. The lowest BCUT2D eigenvalue weighted by atomic mass is 10.0. The van der Waals surface area contributed by atoms with E-state index < -0.39 is 47.0 Å². The fourth-order valence-electron chi connectivity index (χ4n) is 11.4. The number of unbranched alkanes of at least 4 members (excludes halogenated alkanes) is 32. The van der Waals surface area contributed by atoms with E-state index >= 15 is 0 Å². The van der Waals surface area contributed by atoms with Crippen molar-refractivity contribution < 1.29 is 32.8 Å². The number of aromatic carboxylic acids is 2. The van der Waals surface area contributed by atoms with Crippen LogP contribution in [0.2, 0.25) is 0 Å². The van der Waals surface area contributed by atoms with Crippen molar-refractivity contribution in [2.75, 3.05) is 49.3 Å². The summed E-state index contributed by atoms with van der Waals surface area (Å²) in [5.74, 6) is -3.16. The molecule has 456 valence electrons. The highest BCUT2D eigenvalue weighted by atomic mass is 32.2. The van der Waals surface area contributed by atoms with E-state index in [0.29, 0.717) is 0 Å². The van der Waals surface area contributed by atoms with Crippen molar-refractivity contribution in [3.63, 3.8) is 0 Å². The monoisotopic (exact) mass is 1150 g/mol. The maximum Gasteiger partial charge on any atom is 0.295 e. The molecule has 0 aliphatic rings. The van der Waals surface area contributed by atoms with Gasteiger partial charge in [0, 0.05) is 19.9 Å². The van der Waals surface area contributed by atoms with E-state index in [0.717, 1.165) is 30.3 Å². The Balaban J connectivity index is 0.00000116. The molecule has 0 bridgehead atoms. The van der Waals surface area contributed by atoms with E-state index in [1.807, 2.05) is 0 Å². The van der Waals surface area contributed by atoms with E-state index in [-0.39, 0.29) is 16.3 Å². The van der Waals surface area contributed by atoms with Crippen LogP contribution in [0.3, 0.4) is 0 Å². The molecule has 2 rings (SSSR count). The van der Waals surface area contributed by atoms with Gasteiger partial charge in [0.1, 0.15) is 4.90 Å². The van der Waals surface area contributed by atoms with Crippen LogP contribution in [0.5, 0.6) is 0 Å². The Kier molecular flexibility index (Phi) is 50.0. The van der Waals surface area contributed by atoms with Crippen LogP contribution in [-0.4, -0.2) is 74.2 Å². The lowest BCUT2D eigenvalue weighted by Gasteiger charge is -2.28. The molecule has 0 saturated heterocycles. The van der Waals surface area contributed by atoms with Crippen LogP contribution >= 0.6 is 14.5 Å². The van der Waals surface area contributed by atoms with Gasteiger partial charge >= 0.3 is 0 Å². The van der Waals surface area contributed by atoms with Crippen molar-refractivity contribution in [3.05, 3.63) is 41.5 Å². The topological polar surface area (TPSA) is 135 Å². The summed E-state index contributed by atoms with van der Waals surface area (Å²) in [5, 5.41) is 21.6. The summed E-state index contributed by atoms with van der Waals surface area (Å²) in [7, 11) is -5.93. The number of benzene rings is 2. The van der Waals surface area contributed by atoms with Gasteiger partial charge in [0.05, 0.1) is 61.2 Å². The third-order valence-corrected chi connectivity index (χ3v) is 27.6. The van der Waals surface area contributed by atoms with Crippen molar-refractivity contribution in [1.29, 1.82) is 0 Å². The average molecular weight is 1150 g/mol. The van der Waals surface area contributed by atoms with Crippen molar-refractivity contribution in [2.45, 2.75) is 317 Å². The molecule has 0 aromatic heterocycles. The third-order valence-electron chi connectivity index (χ3n) is 16.6. The Labute approximate surface area is 485 Å². The largest absolute Gasteiger partial charge is 0.545 e. The minimum Gasteiger partial charge on any atom is -0.545 e. The first-order chi connectivity index (χ1) is 37.7. The van der Waals surface area contributed by atoms with Crippen LogP contribution in [0, 0.1) is 0 Å². The van der Waals surface area contributed by atoms with Gasteiger partial charge in [0.15, 0.2) is 0 Å². The number of carboxylic acids is 2. The van der Waals surface area contributed by atoms with Crippen LogP contribution in [0.25, 0.3) is 10.8 Å². The van der Waals surface area contributed by atoms with Crippen LogP contribution in [0.15, 0.2) is 35.2 Å². The molecule has 1 N–H and O–H groups in total. The summed E-state index contributed by atoms with van der Waals surface area (Å²) in [6, 6.07) is 5.07. The van der Waals surface area contributed by atoms with Gasteiger partial charge in [-0.15, -0.1) is 0 Å². The molecule has 2 aromatic rings. The van der Waals surface area contributed by atoms with Gasteiger partial charge in [-0.2, -0.15) is 8.42 Å². The normalized spacial score (nSPS) is 11.9. The smallest absolute Gasteiger partial charge is 0.295 e. The zero-order valence-electron chi connectivity index (χ0n) is 52.5. The van der Waals surface area contributed by atoms with Gasteiger partial charge in [-0.1, -0.05) is 260 Å². The highest BCUT2D eigenvalue weighted by Crippen LogP contribution is 2.62. The zero-order chi connectivity index (χ0) is 58.0. The second kappa shape index (κ2) is 51.1. The van der Waals surface area contributed by atoms with Crippen molar-refractivity contribution in [2.24, 2.45) is 0 Å². The number of carbonyl (C=O) groups excluding carboxylic acids is 2. The molecule has 0 unspecified atom stereocenters. The molecule has 0 aliphatic carbocycles. The van der Waals surface area contributed by atoms with E-state index in [9.17, 15) is 28.2 Å². The third kappa shape index (κ3) is 39.0. The maximum absolute atomic E-state index is 11.3. The number of fused-ring (bicyclic) bond motifs is 1. The van der Waals surface area contributed by atoms with Gasteiger partial charge in [0.2, 0.25) is 0 Å². The van der Waals surface area contributed by atoms with Crippen LogP contribution in [0.1, 0.15) is 333 Å². The van der Waals surface area contributed by atoms with E-state index in [4.69, 9.17) is 4.55 Å². The minimum atomic E-state index is -4.67. The Morgan fingerprint density at radius 2 is 0.577 bits per heavy atom. The number of carbonyl (C=O) groups is 2. The Hall–Kier alpha value is -1.59. The average Bonchev–Trinajstić information content (AvgIpc) is 3.43. The lowest BCUT2D eigenvalue weighted by molar-refractivity contribution is -0.256. The second-order valence-electron chi connectivity index (χ2n) is 23.7. The summed E-state index contributed by atoms with van der Waals surface area (Å²) in [6.45, 7) is 19.0. The molecule has 78 heavy (non-hydrogen) atoms. The Morgan fingerprint density at radius 3 is 0.821 bits per heavy atom. The molecule has 0 atom stereocenters. The predicted octanol–water partition coefficient (Wildman–Crippen LogP) is 20.6. The van der Waals surface area contributed by atoms with Crippen molar-refractivity contribution in [3.8, 4) is 0 Å². The standard InChI is InChI=1S/2C28H60P.C12H8O7S/c2*1-5-9-13-14-15-16-17-18-19-20-21-22-23-24-28-29(25-10-6-2,26-11-7-3)27-12-8-4;13-11(14)6-1-2-9-7(3-6)4-8(12(15)16)5-10(9)20(17,18)19/h2*5-28H2,1-4H3;1-5H,(H,13,14)(H,15,16)(H,17,18,19)/q2*+1;/p-2. The lowest BCUT2D eigenvalue weighted by Crippen LogP contribution is -2.23. The zero-order valence-corrected chi connectivity index (χ0v) is 55.1. The molecule has 0 spiro atoms. The molecule has 0 amide bonds. The van der Waals surface area contributed by atoms with Crippen molar-refractivity contribution >= 4 is 47.4 Å². The van der Waals surface area contributed by atoms with Crippen LogP contribution in [0.4, 0.5) is 0 Å². The fraction of sp³-hybridized carbons (Fsp3) is 0.824. The molecule has 0 saturated carbocycles.